The van der Waals surface area contributed by atoms with Crippen molar-refractivity contribution in [1.82, 2.24) is 19.4 Å². The van der Waals surface area contributed by atoms with Crippen LogP contribution < -0.4 is 0 Å². The molecule has 0 bridgehead atoms. The fourth-order valence-corrected chi connectivity index (χ4v) is 5.50. The second-order valence-corrected chi connectivity index (χ2v) is 8.95. The van der Waals surface area contributed by atoms with Crippen LogP contribution in [0.4, 0.5) is 0 Å². The molecule has 2 aromatic rings. The molecule has 2 aliphatic heterocycles. The van der Waals surface area contributed by atoms with Crippen LogP contribution in [0.2, 0.25) is 0 Å². The molecule has 4 heterocycles. The molecule has 0 radical (unpaired) electrons. The van der Waals surface area contributed by atoms with E-state index in [1.807, 2.05) is 6.20 Å². The van der Waals surface area contributed by atoms with E-state index in [4.69, 9.17) is 9.26 Å². The Bertz CT molecular complexity index is 955. The lowest BCUT2D eigenvalue weighted by Crippen LogP contribution is -2.61. The Morgan fingerprint density at radius 3 is 2.68 bits per heavy atom. The summed E-state index contributed by atoms with van der Waals surface area (Å²) in [5, 5.41) is 3.75. The van der Waals surface area contributed by atoms with Gasteiger partial charge >= 0.3 is 0 Å². The van der Waals surface area contributed by atoms with Crippen LogP contribution in [0.15, 0.2) is 15.6 Å². The van der Waals surface area contributed by atoms with Crippen LogP contribution in [0.1, 0.15) is 47.3 Å². The summed E-state index contributed by atoms with van der Waals surface area (Å²) in [6, 6.07) is 0. The average molecular weight is 362 g/mol. The van der Waals surface area contributed by atoms with Crippen molar-refractivity contribution in [3.05, 3.63) is 34.7 Å². The molecule has 9 heteroatoms. The molecular weight excluding hydrogens is 344 g/mol. The molecule has 0 unspecified atom stereocenters. The van der Waals surface area contributed by atoms with Gasteiger partial charge in [0, 0.05) is 30.8 Å². The Morgan fingerprint density at radius 2 is 2.04 bits per heavy atom. The highest BCUT2D eigenvalue weighted by atomic mass is 32.2. The number of nitrogens with zero attached hydrogens (tertiary/aromatic N) is 4. The normalized spacial score (nSPS) is 22.2. The molecule has 132 valence electrons. The number of hydrogen-bond acceptors (Lipinski definition) is 7. The molecule has 3 aliphatic rings. The highest BCUT2D eigenvalue weighted by molar-refractivity contribution is 7.89. The number of aromatic nitrogens is 3. The van der Waals surface area contributed by atoms with Gasteiger partial charge in [0.1, 0.15) is 22.0 Å². The SMILES string of the molecule is Cc1noc(C)c1S(=O)(=O)N1CC2(C1)OCc1nc(C3CC3)ncc12. The molecule has 0 atom stereocenters. The van der Waals surface area contributed by atoms with Gasteiger partial charge in [-0.25, -0.2) is 18.4 Å². The van der Waals surface area contributed by atoms with Gasteiger partial charge in [0.15, 0.2) is 5.76 Å². The first kappa shape index (κ1) is 15.4. The lowest BCUT2D eigenvalue weighted by atomic mass is 9.90. The van der Waals surface area contributed by atoms with Gasteiger partial charge in [0.2, 0.25) is 10.0 Å². The lowest BCUT2D eigenvalue weighted by Gasteiger charge is -2.45. The number of fused-ring (bicyclic) bond motifs is 2. The van der Waals surface area contributed by atoms with Crippen LogP contribution in [0.25, 0.3) is 0 Å². The maximum Gasteiger partial charge on any atom is 0.248 e. The van der Waals surface area contributed by atoms with Gasteiger partial charge < -0.3 is 9.26 Å². The van der Waals surface area contributed by atoms with E-state index in [1.54, 1.807) is 13.8 Å². The van der Waals surface area contributed by atoms with Crippen LogP contribution in [0.5, 0.6) is 0 Å². The van der Waals surface area contributed by atoms with Gasteiger partial charge in [-0.3, -0.25) is 0 Å². The second kappa shape index (κ2) is 4.87. The number of sulfonamides is 1. The van der Waals surface area contributed by atoms with Crippen molar-refractivity contribution in [2.24, 2.45) is 0 Å². The number of hydrogen-bond donors (Lipinski definition) is 0. The standard InChI is InChI=1S/C16H18N4O4S/c1-9-14(10(2)24-19-9)25(21,22)20-7-16(8-20)12-5-17-15(11-3-4-11)18-13(12)6-23-16/h5,11H,3-4,6-8H2,1-2H3. The maximum atomic E-state index is 12.9. The minimum Gasteiger partial charge on any atom is -0.361 e. The summed E-state index contributed by atoms with van der Waals surface area (Å²) in [6.07, 6.45) is 4.12. The third kappa shape index (κ3) is 2.12. The zero-order valence-corrected chi connectivity index (χ0v) is 14.8. The quantitative estimate of drug-likeness (QED) is 0.813. The Balaban J connectivity index is 1.42. The Labute approximate surface area is 145 Å². The molecule has 0 aromatic carbocycles. The molecular formula is C16H18N4O4S. The molecule has 8 nitrogen and oxygen atoms in total. The zero-order chi connectivity index (χ0) is 17.4. The van der Waals surface area contributed by atoms with Gasteiger partial charge in [-0.05, 0) is 26.7 Å². The van der Waals surface area contributed by atoms with Crippen LogP contribution in [0, 0.1) is 13.8 Å². The fraction of sp³-hybridized carbons (Fsp3) is 0.562. The highest BCUT2D eigenvalue weighted by Gasteiger charge is 2.55. The van der Waals surface area contributed by atoms with Crippen molar-refractivity contribution in [3.63, 3.8) is 0 Å². The molecule has 0 amide bonds. The van der Waals surface area contributed by atoms with E-state index in [0.29, 0.717) is 24.0 Å². The van der Waals surface area contributed by atoms with E-state index in [-0.39, 0.29) is 18.0 Å². The van der Waals surface area contributed by atoms with E-state index < -0.39 is 15.6 Å². The first-order valence-electron chi connectivity index (χ1n) is 8.34. The number of rotatable bonds is 3. The minimum atomic E-state index is -3.64. The van der Waals surface area contributed by atoms with Crippen molar-refractivity contribution in [3.8, 4) is 0 Å². The Morgan fingerprint density at radius 1 is 1.28 bits per heavy atom. The van der Waals surface area contributed by atoms with Gasteiger partial charge in [0.25, 0.3) is 0 Å². The smallest absolute Gasteiger partial charge is 0.248 e. The maximum absolute atomic E-state index is 12.9. The monoisotopic (exact) mass is 362 g/mol. The van der Waals surface area contributed by atoms with E-state index in [9.17, 15) is 8.42 Å². The second-order valence-electron chi connectivity index (χ2n) is 7.07. The summed E-state index contributed by atoms with van der Waals surface area (Å²) in [7, 11) is -3.64. The van der Waals surface area contributed by atoms with Gasteiger partial charge in [-0.2, -0.15) is 4.31 Å². The van der Waals surface area contributed by atoms with Crippen molar-refractivity contribution >= 4 is 10.0 Å². The van der Waals surface area contributed by atoms with Gasteiger partial charge in [0.05, 0.1) is 12.3 Å². The third-order valence-electron chi connectivity index (χ3n) is 5.23. The van der Waals surface area contributed by atoms with Crippen LogP contribution >= 0.6 is 0 Å². The Kier molecular flexibility index (Phi) is 3.00. The highest BCUT2D eigenvalue weighted by Crippen LogP contribution is 2.46. The lowest BCUT2D eigenvalue weighted by molar-refractivity contribution is -0.112. The average Bonchev–Trinajstić information content (AvgIpc) is 3.23. The molecule has 2 fully saturated rings. The predicted octanol–water partition coefficient (Wildman–Crippen LogP) is 1.39. The van der Waals surface area contributed by atoms with E-state index in [2.05, 4.69) is 15.1 Å². The number of aryl methyl sites for hydroxylation is 2. The third-order valence-corrected chi connectivity index (χ3v) is 7.27. The van der Waals surface area contributed by atoms with Crippen LogP contribution in [-0.4, -0.2) is 40.9 Å². The van der Waals surface area contributed by atoms with E-state index in [1.165, 1.54) is 4.31 Å². The molecule has 25 heavy (non-hydrogen) atoms. The molecule has 0 N–H and O–H groups in total. The predicted molar refractivity (Wildman–Crippen MR) is 85.2 cm³/mol. The molecule has 1 spiro atoms. The van der Waals surface area contributed by atoms with Crippen molar-refractivity contribution in [1.29, 1.82) is 0 Å². The molecule has 1 saturated carbocycles. The zero-order valence-electron chi connectivity index (χ0n) is 14.0. The number of ether oxygens (including phenoxy) is 1. The molecule has 1 aliphatic carbocycles. The summed E-state index contributed by atoms with van der Waals surface area (Å²) in [6.45, 7) is 4.18. The van der Waals surface area contributed by atoms with E-state index in [0.717, 1.165) is 29.9 Å². The van der Waals surface area contributed by atoms with E-state index >= 15 is 0 Å². The van der Waals surface area contributed by atoms with Crippen molar-refractivity contribution in [2.75, 3.05) is 13.1 Å². The minimum absolute atomic E-state index is 0.154. The molecule has 1 saturated heterocycles. The Hall–Kier alpha value is -1.84. The summed E-state index contributed by atoms with van der Waals surface area (Å²) < 4.78 is 38.1. The summed E-state index contributed by atoms with van der Waals surface area (Å²) in [5.74, 6) is 1.68. The van der Waals surface area contributed by atoms with Crippen LogP contribution in [0.3, 0.4) is 0 Å². The van der Waals surface area contributed by atoms with Crippen molar-refractivity contribution in [2.45, 2.75) is 49.7 Å². The molecule has 5 rings (SSSR count). The van der Waals surface area contributed by atoms with Crippen molar-refractivity contribution < 1.29 is 17.7 Å². The van der Waals surface area contributed by atoms with Gasteiger partial charge in [-0.1, -0.05) is 5.16 Å². The summed E-state index contributed by atoms with van der Waals surface area (Å²) in [5.41, 5.74) is 1.57. The first-order valence-corrected chi connectivity index (χ1v) is 9.78. The summed E-state index contributed by atoms with van der Waals surface area (Å²) in [4.78, 5) is 9.25. The molecule has 2 aromatic heterocycles. The largest absolute Gasteiger partial charge is 0.361 e. The first-order chi connectivity index (χ1) is 11.9. The van der Waals surface area contributed by atoms with Gasteiger partial charge in [-0.15, -0.1) is 0 Å². The fourth-order valence-electron chi connectivity index (χ4n) is 3.67. The topological polar surface area (TPSA) is 98.4 Å². The van der Waals surface area contributed by atoms with Crippen LogP contribution in [-0.2, 0) is 27.0 Å². The summed E-state index contributed by atoms with van der Waals surface area (Å²) >= 11 is 0.